The van der Waals surface area contributed by atoms with E-state index in [0.29, 0.717) is 11.2 Å². The average Bonchev–Trinajstić information content (AvgIpc) is 2.92. The Balaban J connectivity index is 0.00000147. The lowest BCUT2D eigenvalue weighted by Crippen LogP contribution is -2.24. The number of nitrogen functional groups attached to an aromatic ring is 1. The molecule has 6 N–H and O–H groups in total. The molecule has 0 radical (unpaired) electrons. The number of aliphatic hydroxyl groups excluding tert-OH is 2. The second-order valence-corrected chi connectivity index (χ2v) is 4.05. The summed E-state index contributed by atoms with van der Waals surface area (Å²) in [5, 5.41) is 18.8. The average molecular weight is 270 g/mol. The Bertz CT molecular complexity index is 623. The fourth-order valence-corrected chi connectivity index (χ4v) is 1.96. The number of aromatic nitrogens is 4. The lowest BCUT2D eigenvalue weighted by Gasteiger charge is -2.13. The molecule has 3 rings (SSSR count). The van der Waals surface area contributed by atoms with Crippen molar-refractivity contribution < 1.29 is 21.8 Å². The summed E-state index contributed by atoms with van der Waals surface area (Å²) in [4.78, 5) is 11.9. The van der Waals surface area contributed by atoms with E-state index in [1.54, 1.807) is 0 Å². The van der Waals surface area contributed by atoms with Gasteiger partial charge in [-0.15, -0.1) is 0 Å². The topological polar surface area (TPSA) is 151 Å². The lowest BCUT2D eigenvalue weighted by atomic mass is 10.2. The molecule has 1 aliphatic heterocycles. The predicted molar refractivity (Wildman–Crippen MR) is 65.0 cm³/mol. The zero-order chi connectivity index (χ0) is 13.6. The quantitative estimate of drug-likeness (QED) is 0.583. The summed E-state index contributed by atoms with van der Waals surface area (Å²) >= 11 is 0. The van der Waals surface area contributed by atoms with Gasteiger partial charge in [-0.3, -0.25) is 4.57 Å². The number of nitrogens with zero attached hydrogens (tertiary/aromatic N) is 4. The standard InChI is InChI=1S/C10H13N5O3.H2O/c11-9-8-10(13-3-12-9)15(4-14-8)7-1-5(17)6(2-16)18-7;/h3-7,16-17H,1-2H2,(H2,11,12,13);1H2/t5-,6+,7+;/m0./s1/i7D;. The first-order valence-corrected chi connectivity index (χ1v) is 5.46. The Morgan fingerprint density at radius 1 is 1.53 bits per heavy atom. The third-order valence-electron chi connectivity index (χ3n) is 2.91. The van der Waals surface area contributed by atoms with Gasteiger partial charge in [0.05, 0.1) is 20.4 Å². The molecule has 0 spiro atoms. The summed E-state index contributed by atoms with van der Waals surface area (Å²) in [5.41, 5.74) is 6.40. The second-order valence-electron chi connectivity index (χ2n) is 4.05. The van der Waals surface area contributed by atoms with Crippen LogP contribution in [-0.4, -0.2) is 54.0 Å². The van der Waals surface area contributed by atoms with E-state index in [4.69, 9.17) is 16.9 Å². The van der Waals surface area contributed by atoms with Crippen LogP contribution in [0.3, 0.4) is 0 Å². The van der Waals surface area contributed by atoms with E-state index in [1.165, 1.54) is 17.2 Å². The summed E-state index contributed by atoms with van der Waals surface area (Å²) in [5.74, 6) is 0.213. The maximum Gasteiger partial charge on any atom is 0.167 e. The molecule has 1 aliphatic rings. The predicted octanol–water partition coefficient (Wildman–Crippen LogP) is -1.78. The molecule has 1 fully saturated rings. The molecule has 0 bridgehead atoms. The molecule has 2 aromatic rings. The molecule has 0 aliphatic carbocycles. The van der Waals surface area contributed by atoms with E-state index < -0.39 is 18.4 Å². The third kappa shape index (κ3) is 2.12. The van der Waals surface area contributed by atoms with E-state index in [2.05, 4.69) is 15.0 Å². The summed E-state index contributed by atoms with van der Waals surface area (Å²) in [7, 11) is 0. The first-order valence-electron chi connectivity index (χ1n) is 5.96. The highest BCUT2D eigenvalue weighted by atomic mass is 16.5. The zero-order valence-electron chi connectivity index (χ0n) is 10.9. The van der Waals surface area contributed by atoms with Gasteiger partial charge in [-0.1, -0.05) is 0 Å². The number of nitrogens with two attached hydrogens (primary N) is 1. The Hall–Kier alpha value is -1.81. The molecule has 1 saturated heterocycles. The second kappa shape index (κ2) is 5.05. The van der Waals surface area contributed by atoms with Crippen LogP contribution >= 0.6 is 0 Å². The number of anilines is 1. The molecule has 9 heteroatoms. The minimum absolute atomic E-state index is 0. The smallest absolute Gasteiger partial charge is 0.167 e. The van der Waals surface area contributed by atoms with Crippen LogP contribution in [-0.2, 0) is 4.74 Å². The number of fused-ring (bicyclic) bond motifs is 1. The van der Waals surface area contributed by atoms with Gasteiger partial charge in [0, 0.05) is 6.42 Å². The van der Waals surface area contributed by atoms with Crippen LogP contribution in [0.15, 0.2) is 12.7 Å². The number of aliphatic hydroxyl groups is 2. The van der Waals surface area contributed by atoms with Crippen molar-refractivity contribution >= 4 is 17.0 Å². The molecule has 2 aromatic heterocycles. The highest BCUT2D eigenvalue weighted by Gasteiger charge is 2.35. The van der Waals surface area contributed by atoms with Gasteiger partial charge in [-0.05, 0) is 0 Å². The summed E-state index contributed by atoms with van der Waals surface area (Å²) in [6.45, 7) is -0.356. The molecule has 0 saturated carbocycles. The van der Waals surface area contributed by atoms with Crippen molar-refractivity contribution in [2.24, 2.45) is 0 Å². The summed E-state index contributed by atoms with van der Waals surface area (Å²) < 4.78 is 15.0. The highest BCUT2D eigenvalue weighted by molar-refractivity contribution is 5.81. The zero-order valence-corrected chi connectivity index (χ0v) is 9.89. The number of imidazole rings is 1. The van der Waals surface area contributed by atoms with Crippen molar-refractivity contribution in [3.63, 3.8) is 0 Å². The Kier molecular flexibility index (Phi) is 3.25. The van der Waals surface area contributed by atoms with Crippen LogP contribution in [0, 0.1) is 0 Å². The molecule has 9 nitrogen and oxygen atoms in total. The molecule has 0 unspecified atom stereocenters. The highest BCUT2D eigenvalue weighted by Crippen LogP contribution is 2.30. The fraction of sp³-hybridized carbons (Fsp3) is 0.500. The Morgan fingerprint density at radius 2 is 2.32 bits per heavy atom. The van der Waals surface area contributed by atoms with Crippen LogP contribution in [0.5, 0.6) is 0 Å². The Labute approximate surface area is 109 Å². The van der Waals surface area contributed by atoms with Gasteiger partial charge in [0.25, 0.3) is 0 Å². The van der Waals surface area contributed by atoms with Gasteiger partial charge in [0.1, 0.15) is 24.2 Å². The molecule has 0 amide bonds. The molecular weight excluding hydrogens is 254 g/mol. The van der Waals surface area contributed by atoms with Crippen LogP contribution in [0.1, 0.15) is 14.0 Å². The van der Waals surface area contributed by atoms with Crippen molar-refractivity contribution in [3.05, 3.63) is 12.7 Å². The Morgan fingerprint density at radius 3 is 3.00 bits per heavy atom. The largest absolute Gasteiger partial charge is 0.412 e. The van der Waals surface area contributed by atoms with E-state index in [1.807, 2.05) is 0 Å². The van der Waals surface area contributed by atoms with Crippen LogP contribution in [0.2, 0.25) is 0 Å². The normalized spacial score (nSPS) is 31.2. The van der Waals surface area contributed by atoms with Crippen LogP contribution in [0.25, 0.3) is 11.2 Å². The maximum atomic E-state index is 9.75. The van der Waals surface area contributed by atoms with Crippen LogP contribution in [0.4, 0.5) is 5.82 Å². The minimum Gasteiger partial charge on any atom is -0.412 e. The third-order valence-corrected chi connectivity index (χ3v) is 2.91. The molecular formula is C10H15N5O4. The van der Waals surface area contributed by atoms with Crippen LogP contribution < -0.4 is 5.73 Å². The van der Waals surface area contributed by atoms with Gasteiger partial charge in [0.2, 0.25) is 0 Å². The molecule has 3 heterocycles. The fourth-order valence-electron chi connectivity index (χ4n) is 1.96. The first-order chi connectivity index (χ1) is 9.05. The van der Waals surface area contributed by atoms with Gasteiger partial charge in [-0.2, -0.15) is 0 Å². The van der Waals surface area contributed by atoms with E-state index in [-0.39, 0.29) is 24.3 Å². The van der Waals surface area contributed by atoms with E-state index in [9.17, 15) is 5.11 Å². The monoisotopic (exact) mass is 270 g/mol. The lowest BCUT2D eigenvalue weighted by molar-refractivity contribution is -0.0432. The van der Waals surface area contributed by atoms with Gasteiger partial charge >= 0.3 is 0 Å². The van der Waals surface area contributed by atoms with Crippen molar-refractivity contribution in [1.29, 1.82) is 0 Å². The van der Waals surface area contributed by atoms with E-state index in [0.717, 1.165) is 0 Å². The molecule has 19 heavy (non-hydrogen) atoms. The molecule has 0 aromatic carbocycles. The van der Waals surface area contributed by atoms with Gasteiger partial charge in [0.15, 0.2) is 11.5 Å². The first kappa shape index (κ1) is 12.2. The summed E-state index contributed by atoms with van der Waals surface area (Å²) in [6, 6.07) is 0. The maximum absolute atomic E-state index is 9.75. The van der Waals surface area contributed by atoms with Gasteiger partial charge in [-0.25, -0.2) is 15.0 Å². The summed E-state index contributed by atoms with van der Waals surface area (Å²) in [6.07, 6.45) is -0.632. The SMILES string of the molecule is O.[2H][C@]1(n2cnc3c(N)ncnc32)C[C@H](O)[C@@H](CO)O1. The number of hydrogen-bond donors (Lipinski definition) is 3. The van der Waals surface area contributed by atoms with E-state index >= 15 is 0 Å². The number of rotatable bonds is 2. The molecule has 3 atom stereocenters. The van der Waals surface area contributed by atoms with Crippen molar-refractivity contribution in [2.45, 2.75) is 24.8 Å². The van der Waals surface area contributed by atoms with Gasteiger partial charge < -0.3 is 26.2 Å². The minimum atomic E-state index is -1.57. The van der Waals surface area contributed by atoms with Crippen molar-refractivity contribution in [3.8, 4) is 0 Å². The van der Waals surface area contributed by atoms with Crippen molar-refractivity contribution in [1.82, 2.24) is 19.5 Å². The van der Waals surface area contributed by atoms with Crippen molar-refractivity contribution in [2.75, 3.05) is 12.3 Å². The molecule has 104 valence electrons. The number of ether oxygens (including phenoxy) is 1. The number of hydrogen-bond acceptors (Lipinski definition) is 7.